The summed E-state index contributed by atoms with van der Waals surface area (Å²) < 4.78 is 0. The first-order chi connectivity index (χ1) is 9.06. The van der Waals surface area contributed by atoms with Crippen LogP contribution in [0.2, 0.25) is 10.0 Å². The summed E-state index contributed by atoms with van der Waals surface area (Å²) in [5.74, 6) is -0.106. The molecule has 0 bridgehead atoms. The van der Waals surface area contributed by atoms with Crippen LogP contribution in [0.4, 0.5) is 5.69 Å². The monoisotopic (exact) mass is 291 g/mol. The minimum Gasteiger partial charge on any atom is -0.399 e. The van der Waals surface area contributed by atoms with Crippen molar-refractivity contribution >= 4 is 40.7 Å². The molecular weight excluding hydrogens is 281 g/mol. The summed E-state index contributed by atoms with van der Waals surface area (Å²) in [5, 5.41) is 1.07. The van der Waals surface area contributed by atoms with Crippen molar-refractivity contribution in [1.29, 1.82) is 0 Å². The average Bonchev–Trinajstić information content (AvgIpc) is 2.38. The van der Waals surface area contributed by atoms with Crippen LogP contribution < -0.4 is 5.73 Å². The lowest BCUT2D eigenvalue weighted by Gasteiger charge is -1.99. The van der Waals surface area contributed by atoms with Crippen LogP contribution in [0.1, 0.15) is 15.9 Å². The normalized spacial score (nSPS) is 10.8. The van der Waals surface area contributed by atoms with Crippen LogP contribution in [0.25, 0.3) is 6.08 Å². The van der Waals surface area contributed by atoms with Crippen LogP contribution in [-0.4, -0.2) is 5.78 Å². The molecule has 2 rings (SSSR count). The predicted octanol–water partition coefficient (Wildman–Crippen LogP) is 4.47. The Bertz CT molecular complexity index is 633. The van der Waals surface area contributed by atoms with Gasteiger partial charge in [0.05, 0.1) is 0 Å². The fraction of sp³-hybridized carbons (Fsp3) is 0. The third kappa shape index (κ3) is 3.60. The molecule has 2 aromatic carbocycles. The van der Waals surface area contributed by atoms with E-state index in [-0.39, 0.29) is 5.78 Å². The second kappa shape index (κ2) is 5.91. The molecule has 0 aliphatic rings. The maximum atomic E-state index is 11.9. The molecule has 0 saturated heterocycles. The van der Waals surface area contributed by atoms with E-state index in [2.05, 4.69) is 0 Å². The summed E-state index contributed by atoms with van der Waals surface area (Å²) in [6.45, 7) is 0. The number of hydrogen-bond donors (Lipinski definition) is 1. The van der Waals surface area contributed by atoms with Crippen molar-refractivity contribution in [1.82, 2.24) is 0 Å². The molecule has 2 aromatic rings. The van der Waals surface area contributed by atoms with Crippen LogP contribution in [0.5, 0.6) is 0 Å². The van der Waals surface area contributed by atoms with Crippen molar-refractivity contribution in [2.75, 3.05) is 5.73 Å². The van der Waals surface area contributed by atoms with Crippen molar-refractivity contribution in [2.24, 2.45) is 0 Å². The van der Waals surface area contributed by atoms with Crippen molar-refractivity contribution in [3.8, 4) is 0 Å². The van der Waals surface area contributed by atoms with Gasteiger partial charge in [-0.15, -0.1) is 0 Å². The van der Waals surface area contributed by atoms with Crippen molar-refractivity contribution in [2.45, 2.75) is 0 Å². The number of benzene rings is 2. The highest BCUT2D eigenvalue weighted by Gasteiger charge is 2.02. The number of rotatable bonds is 3. The van der Waals surface area contributed by atoms with E-state index < -0.39 is 0 Å². The van der Waals surface area contributed by atoms with Crippen molar-refractivity contribution < 1.29 is 4.79 Å². The summed E-state index contributed by atoms with van der Waals surface area (Å²) in [5.41, 5.74) is 7.52. The van der Waals surface area contributed by atoms with Gasteiger partial charge in [0.25, 0.3) is 0 Å². The van der Waals surface area contributed by atoms with Gasteiger partial charge in [0.15, 0.2) is 5.78 Å². The van der Waals surface area contributed by atoms with Gasteiger partial charge in [-0.3, -0.25) is 4.79 Å². The summed E-state index contributed by atoms with van der Waals surface area (Å²) in [7, 11) is 0. The van der Waals surface area contributed by atoms with Gasteiger partial charge >= 0.3 is 0 Å². The number of anilines is 1. The maximum absolute atomic E-state index is 11.9. The second-order valence-electron chi connectivity index (χ2n) is 3.99. The molecule has 2 nitrogen and oxygen atoms in total. The molecule has 0 unspecified atom stereocenters. The van der Waals surface area contributed by atoms with E-state index in [4.69, 9.17) is 28.9 Å². The number of ketones is 1. The summed E-state index contributed by atoms with van der Waals surface area (Å²) in [6.07, 6.45) is 3.14. The summed E-state index contributed by atoms with van der Waals surface area (Å²) in [4.78, 5) is 11.9. The Hall–Kier alpha value is -1.77. The number of nitrogen functional groups attached to an aromatic ring is 1. The Morgan fingerprint density at radius 2 is 1.74 bits per heavy atom. The lowest BCUT2D eigenvalue weighted by atomic mass is 10.1. The minimum atomic E-state index is -0.106. The smallest absolute Gasteiger partial charge is 0.185 e. The number of halogens is 2. The predicted molar refractivity (Wildman–Crippen MR) is 80.7 cm³/mol. The molecule has 0 heterocycles. The molecule has 0 aliphatic carbocycles. The molecule has 96 valence electrons. The molecule has 19 heavy (non-hydrogen) atoms. The van der Waals surface area contributed by atoms with Crippen LogP contribution in [0.3, 0.4) is 0 Å². The average molecular weight is 292 g/mol. The largest absolute Gasteiger partial charge is 0.399 e. The fourth-order valence-corrected chi connectivity index (χ4v) is 2.02. The molecule has 0 saturated carbocycles. The lowest BCUT2D eigenvalue weighted by Crippen LogP contribution is -1.94. The lowest BCUT2D eigenvalue weighted by molar-refractivity contribution is 0.104. The van der Waals surface area contributed by atoms with Gasteiger partial charge in [0.1, 0.15) is 0 Å². The van der Waals surface area contributed by atoms with Crippen LogP contribution >= 0.6 is 23.2 Å². The van der Waals surface area contributed by atoms with Gasteiger partial charge in [-0.1, -0.05) is 29.3 Å². The highest BCUT2D eigenvalue weighted by Crippen LogP contribution is 2.22. The molecule has 0 aromatic heterocycles. The molecule has 4 heteroatoms. The van der Waals surface area contributed by atoms with E-state index >= 15 is 0 Å². The number of nitrogens with two attached hydrogens (primary N) is 1. The van der Waals surface area contributed by atoms with E-state index in [1.807, 2.05) is 0 Å². The van der Waals surface area contributed by atoms with E-state index in [0.29, 0.717) is 21.3 Å². The van der Waals surface area contributed by atoms with Gasteiger partial charge in [0.2, 0.25) is 0 Å². The van der Waals surface area contributed by atoms with E-state index in [0.717, 1.165) is 5.56 Å². The molecule has 0 amide bonds. The zero-order chi connectivity index (χ0) is 13.8. The topological polar surface area (TPSA) is 43.1 Å². The van der Waals surface area contributed by atoms with E-state index in [1.54, 1.807) is 48.5 Å². The number of carbonyl (C=O) groups is 1. The number of carbonyl (C=O) groups excluding carboxylic acids is 1. The maximum Gasteiger partial charge on any atom is 0.185 e. The Balaban J connectivity index is 2.18. The molecule has 0 radical (unpaired) electrons. The van der Waals surface area contributed by atoms with Gasteiger partial charge in [-0.25, -0.2) is 0 Å². The standard InChI is InChI=1S/C15H11Cl2NO/c16-12-5-1-10(14(17)9-12)4-8-15(19)11-2-6-13(18)7-3-11/h1-9H,18H2/b8-4+. The first-order valence-corrected chi connectivity index (χ1v) is 6.35. The fourth-order valence-electron chi connectivity index (χ4n) is 1.55. The Kier molecular flexibility index (Phi) is 4.25. The minimum absolute atomic E-state index is 0.106. The zero-order valence-corrected chi connectivity index (χ0v) is 11.4. The quantitative estimate of drug-likeness (QED) is 0.515. The third-order valence-electron chi connectivity index (χ3n) is 2.57. The van der Waals surface area contributed by atoms with E-state index in [9.17, 15) is 4.79 Å². The molecule has 2 N–H and O–H groups in total. The summed E-state index contributed by atoms with van der Waals surface area (Å²) in [6, 6.07) is 11.9. The van der Waals surface area contributed by atoms with E-state index in [1.165, 1.54) is 6.08 Å². The molecular formula is C15H11Cl2NO. The van der Waals surface area contributed by atoms with Gasteiger partial charge in [-0.05, 0) is 54.1 Å². The first-order valence-electron chi connectivity index (χ1n) is 5.59. The molecule has 0 aliphatic heterocycles. The SMILES string of the molecule is Nc1ccc(C(=O)/C=C/c2ccc(Cl)cc2Cl)cc1. The highest BCUT2D eigenvalue weighted by atomic mass is 35.5. The number of allylic oxidation sites excluding steroid dienone is 1. The molecule has 0 fully saturated rings. The van der Waals surface area contributed by atoms with Gasteiger partial charge in [-0.2, -0.15) is 0 Å². The van der Waals surface area contributed by atoms with Crippen LogP contribution in [0.15, 0.2) is 48.5 Å². The number of hydrogen-bond acceptors (Lipinski definition) is 2. The zero-order valence-electron chi connectivity index (χ0n) is 9.94. The Morgan fingerprint density at radius 3 is 2.37 bits per heavy atom. The Labute approximate surface area is 121 Å². The molecule has 0 atom stereocenters. The Morgan fingerprint density at radius 1 is 1.05 bits per heavy atom. The third-order valence-corrected chi connectivity index (χ3v) is 3.13. The molecule has 0 spiro atoms. The highest BCUT2D eigenvalue weighted by molar-refractivity contribution is 6.35. The first kappa shape index (κ1) is 13.7. The summed E-state index contributed by atoms with van der Waals surface area (Å²) >= 11 is 11.8. The van der Waals surface area contributed by atoms with Crippen LogP contribution in [0, 0.1) is 0 Å². The second-order valence-corrected chi connectivity index (χ2v) is 4.83. The van der Waals surface area contributed by atoms with Crippen molar-refractivity contribution in [3.05, 3.63) is 69.7 Å². The van der Waals surface area contributed by atoms with Crippen molar-refractivity contribution in [3.63, 3.8) is 0 Å². The van der Waals surface area contributed by atoms with Gasteiger partial charge in [0, 0.05) is 21.3 Å². The van der Waals surface area contributed by atoms with Crippen LogP contribution in [-0.2, 0) is 0 Å². The van der Waals surface area contributed by atoms with Gasteiger partial charge < -0.3 is 5.73 Å².